The van der Waals surface area contributed by atoms with Crippen LogP contribution in [0.4, 0.5) is 4.39 Å². The first kappa shape index (κ1) is 15.3. The summed E-state index contributed by atoms with van der Waals surface area (Å²) in [7, 11) is 3.80. The zero-order valence-electron chi connectivity index (χ0n) is 12.4. The van der Waals surface area contributed by atoms with Crippen LogP contribution in [0.5, 0.6) is 0 Å². The highest BCUT2D eigenvalue weighted by molar-refractivity contribution is 5.94. The largest absolute Gasteiger partial charge is 0.465 e. The Morgan fingerprint density at radius 1 is 1.29 bits per heavy atom. The number of rotatable bonds is 5. The molecule has 4 nitrogen and oxygen atoms in total. The molecular formula is C16H19FN2O2. The van der Waals surface area contributed by atoms with Gasteiger partial charge in [-0.3, -0.25) is 9.69 Å². The quantitative estimate of drug-likeness (QED) is 0.921. The minimum absolute atomic E-state index is 0.0469. The van der Waals surface area contributed by atoms with E-state index < -0.39 is 11.7 Å². The number of hydrogen-bond acceptors (Lipinski definition) is 3. The SMILES string of the molecule is Cc1ccc([C@@H](CNC(=O)c2ccccc2F)N(C)C)o1. The summed E-state index contributed by atoms with van der Waals surface area (Å²) in [5, 5.41) is 2.75. The summed E-state index contributed by atoms with van der Waals surface area (Å²) in [6.45, 7) is 2.21. The number of carbonyl (C=O) groups is 1. The van der Waals surface area contributed by atoms with Crippen molar-refractivity contribution in [3.8, 4) is 0 Å². The highest BCUT2D eigenvalue weighted by Crippen LogP contribution is 2.20. The molecule has 21 heavy (non-hydrogen) atoms. The Morgan fingerprint density at radius 2 is 2.00 bits per heavy atom. The molecule has 0 saturated heterocycles. The van der Waals surface area contributed by atoms with Gasteiger partial charge in [0, 0.05) is 6.54 Å². The molecule has 1 atom stereocenters. The van der Waals surface area contributed by atoms with Crippen LogP contribution in [-0.4, -0.2) is 31.4 Å². The number of carbonyl (C=O) groups excluding carboxylic acids is 1. The number of aryl methyl sites for hydroxylation is 1. The van der Waals surface area contributed by atoms with Gasteiger partial charge in [0.15, 0.2) is 0 Å². The van der Waals surface area contributed by atoms with Crippen molar-refractivity contribution in [1.82, 2.24) is 10.2 Å². The second-order valence-electron chi connectivity index (χ2n) is 5.12. The van der Waals surface area contributed by atoms with Gasteiger partial charge in [-0.2, -0.15) is 0 Å². The maximum Gasteiger partial charge on any atom is 0.254 e. The van der Waals surface area contributed by atoms with E-state index in [0.717, 1.165) is 11.5 Å². The summed E-state index contributed by atoms with van der Waals surface area (Å²) in [5.41, 5.74) is 0.0469. The molecule has 2 rings (SSSR count). The van der Waals surface area contributed by atoms with Crippen molar-refractivity contribution >= 4 is 5.91 Å². The van der Waals surface area contributed by atoms with E-state index in [9.17, 15) is 9.18 Å². The van der Waals surface area contributed by atoms with Gasteiger partial charge in [-0.05, 0) is 45.3 Å². The van der Waals surface area contributed by atoms with Gasteiger partial charge >= 0.3 is 0 Å². The van der Waals surface area contributed by atoms with Crippen molar-refractivity contribution in [3.05, 3.63) is 59.3 Å². The molecule has 1 N–H and O–H groups in total. The predicted molar refractivity (Wildman–Crippen MR) is 78.6 cm³/mol. The van der Waals surface area contributed by atoms with Crippen molar-refractivity contribution in [2.24, 2.45) is 0 Å². The summed E-state index contributed by atoms with van der Waals surface area (Å²) in [4.78, 5) is 14.0. The fourth-order valence-corrected chi connectivity index (χ4v) is 2.10. The minimum Gasteiger partial charge on any atom is -0.465 e. The normalized spacial score (nSPS) is 12.4. The summed E-state index contributed by atoms with van der Waals surface area (Å²) in [6.07, 6.45) is 0. The number of hydrogen-bond donors (Lipinski definition) is 1. The number of benzene rings is 1. The Bertz CT molecular complexity index is 622. The summed E-state index contributed by atoms with van der Waals surface area (Å²) in [5.74, 6) is 0.636. The molecule has 112 valence electrons. The Labute approximate surface area is 123 Å². The fourth-order valence-electron chi connectivity index (χ4n) is 2.10. The van der Waals surface area contributed by atoms with Crippen LogP contribution in [0.3, 0.4) is 0 Å². The van der Waals surface area contributed by atoms with Crippen LogP contribution in [0.25, 0.3) is 0 Å². The molecule has 5 heteroatoms. The maximum atomic E-state index is 13.6. The Hall–Kier alpha value is -2.14. The van der Waals surface area contributed by atoms with Gasteiger partial charge < -0.3 is 9.73 Å². The molecule has 1 amide bonds. The molecule has 0 aliphatic rings. The number of amides is 1. The van der Waals surface area contributed by atoms with Crippen LogP contribution in [0.15, 0.2) is 40.8 Å². The molecule has 0 bridgehead atoms. The van der Waals surface area contributed by atoms with E-state index in [0.29, 0.717) is 6.54 Å². The van der Waals surface area contributed by atoms with Crippen molar-refractivity contribution in [1.29, 1.82) is 0 Å². The van der Waals surface area contributed by atoms with Crippen LogP contribution in [0, 0.1) is 12.7 Å². The Kier molecular flexibility index (Phi) is 4.75. The number of furan rings is 1. The Morgan fingerprint density at radius 3 is 2.57 bits per heavy atom. The van der Waals surface area contributed by atoms with Crippen LogP contribution < -0.4 is 5.32 Å². The van der Waals surface area contributed by atoms with E-state index >= 15 is 0 Å². The van der Waals surface area contributed by atoms with Crippen LogP contribution in [0.1, 0.15) is 27.9 Å². The van der Waals surface area contributed by atoms with Crippen molar-refractivity contribution in [2.45, 2.75) is 13.0 Å². The van der Waals surface area contributed by atoms with Crippen molar-refractivity contribution in [2.75, 3.05) is 20.6 Å². The molecular weight excluding hydrogens is 271 g/mol. The third-order valence-corrected chi connectivity index (χ3v) is 3.29. The van der Waals surface area contributed by atoms with E-state index in [4.69, 9.17) is 4.42 Å². The molecule has 0 fully saturated rings. The van der Waals surface area contributed by atoms with Gasteiger partial charge in [0.1, 0.15) is 17.3 Å². The van der Waals surface area contributed by atoms with Crippen molar-refractivity contribution < 1.29 is 13.6 Å². The highest BCUT2D eigenvalue weighted by Gasteiger charge is 2.19. The smallest absolute Gasteiger partial charge is 0.254 e. The number of nitrogens with one attached hydrogen (secondary N) is 1. The van der Waals surface area contributed by atoms with Crippen LogP contribution >= 0.6 is 0 Å². The zero-order chi connectivity index (χ0) is 15.4. The maximum absolute atomic E-state index is 13.6. The number of likely N-dealkylation sites (N-methyl/N-ethyl adjacent to an activating group) is 1. The first-order valence-electron chi connectivity index (χ1n) is 6.74. The zero-order valence-corrected chi connectivity index (χ0v) is 12.4. The third-order valence-electron chi connectivity index (χ3n) is 3.29. The first-order valence-corrected chi connectivity index (χ1v) is 6.74. The van der Waals surface area contributed by atoms with Gasteiger partial charge in [0.25, 0.3) is 5.91 Å². The molecule has 1 heterocycles. The number of halogens is 1. The second-order valence-corrected chi connectivity index (χ2v) is 5.12. The topological polar surface area (TPSA) is 45.5 Å². The van der Waals surface area contributed by atoms with Gasteiger partial charge in [-0.1, -0.05) is 12.1 Å². The molecule has 0 aliphatic heterocycles. The van der Waals surface area contributed by atoms with E-state index in [-0.39, 0.29) is 11.6 Å². The number of nitrogens with zero attached hydrogens (tertiary/aromatic N) is 1. The van der Waals surface area contributed by atoms with Gasteiger partial charge in [0.05, 0.1) is 11.6 Å². The van der Waals surface area contributed by atoms with Crippen molar-refractivity contribution in [3.63, 3.8) is 0 Å². The van der Waals surface area contributed by atoms with E-state index in [1.807, 2.05) is 38.1 Å². The Balaban J connectivity index is 2.06. The average Bonchev–Trinajstić information content (AvgIpc) is 2.85. The molecule has 1 aromatic carbocycles. The minimum atomic E-state index is -0.523. The fraction of sp³-hybridized carbons (Fsp3) is 0.312. The molecule has 0 spiro atoms. The van der Waals surface area contributed by atoms with E-state index in [1.54, 1.807) is 12.1 Å². The lowest BCUT2D eigenvalue weighted by atomic mass is 10.1. The summed E-state index contributed by atoms with van der Waals surface area (Å²) < 4.78 is 19.2. The second kappa shape index (κ2) is 6.54. The molecule has 1 aromatic heterocycles. The van der Waals surface area contributed by atoms with Gasteiger partial charge in [0.2, 0.25) is 0 Å². The predicted octanol–water partition coefficient (Wildman–Crippen LogP) is 2.76. The first-order chi connectivity index (χ1) is 9.99. The third kappa shape index (κ3) is 3.70. The molecule has 0 aliphatic carbocycles. The monoisotopic (exact) mass is 290 g/mol. The van der Waals surface area contributed by atoms with Gasteiger partial charge in [-0.15, -0.1) is 0 Å². The van der Waals surface area contributed by atoms with Gasteiger partial charge in [-0.25, -0.2) is 4.39 Å². The lowest BCUT2D eigenvalue weighted by molar-refractivity contribution is 0.0935. The van der Waals surface area contributed by atoms with Crippen LogP contribution in [-0.2, 0) is 0 Å². The molecule has 0 radical (unpaired) electrons. The van der Waals surface area contributed by atoms with Crippen LogP contribution in [0.2, 0.25) is 0 Å². The lowest BCUT2D eigenvalue weighted by Crippen LogP contribution is -2.34. The molecule has 2 aromatic rings. The standard InChI is InChI=1S/C16H19FN2O2/c1-11-8-9-15(21-11)14(19(2)3)10-18-16(20)12-6-4-5-7-13(12)17/h4-9,14H,10H2,1-3H3,(H,18,20)/t14-/m1/s1. The van der Waals surface area contributed by atoms with E-state index in [1.165, 1.54) is 12.1 Å². The average molecular weight is 290 g/mol. The molecule has 0 saturated carbocycles. The summed E-state index contributed by atoms with van der Waals surface area (Å²) >= 11 is 0. The lowest BCUT2D eigenvalue weighted by Gasteiger charge is -2.22. The highest BCUT2D eigenvalue weighted by atomic mass is 19.1. The molecule has 0 unspecified atom stereocenters. The summed E-state index contributed by atoms with van der Waals surface area (Å²) in [6, 6.07) is 9.59. The van der Waals surface area contributed by atoms with E-state index in [2.05, 4.69) is 5.32 Å².